The first-order valence-corrected chi connectivity index (χ1v) is 36.0. The highest BCUT2D eigenvalue weighted by molar-refractivity contribution is 5.94. The van der Waals surface area contributed by atoms with Crippen molar-refractivity contribution in [3.63, 3.8) is 0 Å². The molecular weight excluding hydrogens is 1120 g/mol. The molecular formula is C76H94N2O11. The number of hydrogen-bond acceptors (Lipinski definition) is 13. The zero-order valence-electron chi connectivity index (χ0n) is 52.5. The van der Waals surface area contributed by atoms with Gasteiger partial charge in [0.15, 0.2) is 17.5 Å². The maximum absolute atomic E-state index is 17.9. The Morgan fingerprint density at radius 1 is 0.899 bits per heavy atom. The van der Waals surface area contributed by atoms with E-state index in [9.17, 15) is 10.2 Å². The second-order valence-corrected chi connectivity index (χ2v) is 33.5. The number of benzene rings is 1. The fourth-order valence-electron chi connectivity index (χ4n) is 28.4. The van der Waals surface area contributed by atoms with Crippen molar-refractivity contribution in [1.82, 2.24) is 10.2 Å². The standard InChI is InChI=1S/C76H94N2O11/c1-42(45-14-7-4-8-15-45)52-18-11-26-72-57(52)34-51-33-50-17-10-25-70(50)37-49-36-69(2)73(55-24-29-85-60(55)35-54(59(80)39-79)47-21-22-53-48(32-47)23-28-78-41-77-38-58(53)78)27-9-16-46-20-19-44(30-43-12-5-3-6-13-43)31-56(46)74(76(69)66(87-76)68(84)88-73)62(49)71(63(72)61(81)65(74)82)40-86-67(83)64(70)75(51,71)89-72/h3,5-6,12-13,23-24,28-29,34,42,44-50,52-54,56-59,62-66,77,79-80,82H,4,7-8,10-11,14-15,17-22,25-27,30-33,35-41H2,1-2H3/t42-,44+,46+,47+,48-,49-,50-,52-,53-,54+,56-,57-,58+,59-,62-,63+,64+,65-,66-,69+,70+,71-,72+,73+,74+,75+,76-/m1/s1. The van der Waals surface area contributed by atoms with E-state index in [-0.39, 0.29) is 78.0 Å². The topological polar surface area (TPSA) is 181 Å². The summed E-state index contributed by atoms with van der Waals surface area (Å²) in [5, 5.41) is 41.9. The maximum atomic E-state index is 17.9. The lowest BCUT2D eigenvalue weighted by Gasteiger charge is -2.74. The predicted octanol–water partition coefficient (Wildman–Crippen LogP) is 10.2. The van der Waals surface area contributed by atoms with Crippen molar-refractivity contribution in [2.45, 2.75) is 208 Å². The smallest absolute Gasteiger partial charge is 0.339 e. The number of Topliss-reactive ketones (excluding diaryl/α,β-unsaturated/α-hetero) is 1. The Bertz CT molecular complexity index is 3420. The minimum absolute atomic E-state index is 0.0438. The molecule has 6 spiro atoms. The number of fused-ring (bicyclic) bond motifs is 4. The second kappa shape index (κ2) is 19.2. The lowest BCUT2D eigenvalue weighted by molar-refractivity contribution is -0.315. The molecule has 0 unspecified atom stereocenters. The lowest BCUT2D eigenvalue weighted by Crippen LogP contribution is -2.84. The molecule has 10 aliphatic carbocycles. The lowest BCUT2D eigenvalue weighted by atomic mass is 9.28. The number of rotatable bonds is 10. The van der Waals surface area contributed by atoms with Crippen molar-refractivity contribution in [2.75, 3.05) is 26.4 Å². The number of aliphatic hydroxyl groups is 3. The van der Waals surface area contributed by atoms with Crippen LogP contribution in [0.4, 0.5) is 0 Å². The normalized spacial score (nSPS) is 51.4. The molecule has 1 aromatic carbocycles. The molecule has 9 saturated carbocycles. The van der Waals surface area contributed by atoms with E-state index in [1.54, 1.807) is 6.26 Å². The van der Waals surface area contributed by atoms with Crippen LogP contribution in [0.2, 0.25) is 0 Å². The number of allylic oxidation sites excluding steroid dienone is 1. The zero-order valence-corrected chi connectivity index (χ0v) is 52.5. The summed E-state index contributed by atoms with van der Waals surface area (Å²) in [6, 6.07) is 13.2. The van der Waals surface area contributed by atoms with Crippen molar-refractivity contribution in [3.8, 4) is 11.8 Å². The van der Waals surface area contributed by atoms with Crippen LogP contribution >= 0.6 is 0 Å². The van der Waals surface area contributed by atoms with Gasteiger partial charge < -0.3 is 43.6 Å². The molecule has 1 aromatic heterocycles. The molecule has 0 amide bonds. The number of ether oxygens (including phenoxy) is 4. The molecule has 13 nitrogen and oxygen atoms in total. The zero-order chi connectivity index (χ0) is 60.0. The maximum Gasteiger partial charge on any atom is 0.339 e. The van der Waals surface area contributed by atoms with Crippen LogP contribution < -0.4 is 5.32 Å². The molecule has 13 heteroatoms. The molecule has 17 aliphatic rings. The van der Waals surface area contributed by atoms with E-state index in [1.165, 1.54) is 43.2 Å². The number of furan rings is 1. The fraction of sp³-hybridized carbons (Fsp3) is 0.750. The van der Waals surface area contributed by atoms with Gasteiger partial charge in [-0.3, -0.25) is 14.9 Å². The summed E-state index contributed by atoms with van der Waals surface area (Å²) in [6.07, 6.45) is 25.8. The number of aliphatic hydroxyl groups excluding tert-OH is 3. The molecule has 19 rings (SSSR count). The largest absolute Gasteiger partial charge is 0.469 e. The van der Waals surface area contributed by atoms with Gasteiger partial charge in [0.2, 0.25) is 0 Å². The molecule has 7 aliphatic heterocycles. The van der Waals surface area contributed by atoms with E-state index in [1.807, 2.05) is 6.07 Å². The Balaban J connectivity index is 0.825. The average Bonchev–Trinajstić information content (AvgIpc) is 1.28. The van der Waals surface area contributed by atoms with Gasteiger partial charge in [-0.1, -0.05) is 113 Å². The fourth-order valence-corrected chi connectivity index (χ4v) is 28.4. The Hall–Kier alpha value is -4.29. The average molecular weight is 1210 g/mol. The highest BCUT2D eigenvalue weighted by atomic mass is 16.7. The highest BCUT2D eigenvalue weighted by Gasteiger charge is 3.00. The number of ketones is 1. The van der Waals surface area contributed by atoms with Crippen molar-refractivity contribution in [3.05, 3.63) is 83.5 Å². The number of carbonyl (C=O) groups is 3. The number of epoxide rings is 1. The van der Waals surface area contributed by atoms with Crippen molar-refractivity contribution >= 4 is 17.7 Å². The number of nitrogens with one attached hydrogen (secondary N) is 1. The molecule has 4 N–H and O–H groups in total. The SMILES string of the molecule is C[C@H](C1CCCCC1)[C@H]1CCC[C@]23O[C@]45C(=C[C@H]12)C[C@H]1CCC[C@]12C[C@H]1C[C@]6(C)[C@]78O[C@@H]7C(=O)O[C@]6(c6ccoc6C[C@@H]([C@H]6CC[C@@H]7[C@H](C=CN9CNC[C@@H]79)C6)[C@H](O)CO)CC#C[C@H]6CC[C@@H](Cc7ccccc7)C[C@H]6[C@]86[C@H](O)C(=O)[C@H]3[C@@]4(COC(=O)[C@@H]25)[C@@H]16. The summed E-state index contributed by atoms with van der Waals surface area (Å²) < 4.78 is 37.9. The highest BCUT2D eigenvalue weighted by Crippen LogP contribution is 2.91. The molecule has 5 saturated heterocycles. The number of cyclic esters (lactones) is 1. The van der Waals surface area contributed by atoms with Gasteiger partial charge in [0.05, 0.1) is 54.9 Å². The molecule has 14 fully saturated rings. The summed E-state index contributed by atoms with van der Waals surface area (Å²) in [5.41, 5.74) is -5.89. The summed E-state index contributed by atoms with van der Waals surface area (Å²) in [7, 11) is 0. The first kappa shape index (κ1) is 56.3. The molecule has 474 valence electrons. The van der Waals surface area contributed by atoms with Crippen molar-refractivity contribution < 1.29 is 53.1 Å². The van der Waals surface area contributed by atoms with Crippen molar-refractivity contribution in [2.24, 2.45) is 116 Å². The van der Waals surface area contributed by atoms with E-state index >= 15 is 19.5 Å². The Morgan fingerprint density at radius 3 is 2.61 bits per heavy atom. The van der Waals surface area contributed by atoms with Gasteiger partial charge in [-0.05, 0) is 190 Å². The molecule has 27 atom stereocenters. The number of nitrogens with zero attached hydrogens (tertiary/aromatic N) is 1. The summed E-state index contributed by atoms with van der Waals surface area (Å²) in [5.74, 6) is 7.22. The minimum Gasteiger partial charge on any atom is -0.469 e. The quantitative estimate of drug-likeness (QED) is 0.0765. The third kappa shape index (κ3) is 6.66. The third-order valence-corrected chi connectivity index (χ3v) is 31.1. The van der Waals surface area contributed by atoms with Crippen LogP contribution in [0.1, 0.15) is 166 Å². The number of esters is 2. The molecule has 9 bridgehead atoms. The van der Waals surface area contributed by atoms with Gasteiger partial charge in [0.1, 0.15) is 29.7 Å². The summed E-state index contributed by atoms with van der Waals surface area (Å²) >= 11 is 0. The van der Waals surface area contributed by atoms with E-state index in [2.05, 4.69) is 84.6 Å². The predicted molar refractivity (Wildman–Crippen MR) is 327 cm³/mol. The van der Waals surface area contributed by atoms with Crippen LogP contribution in [0.3, 0.4) is 0 Å². The van der Waals surface area contributed by atoms with Gasteiger partial charge >= 0.3 is 11.9 Å². The monoisotopic (exact) mass is 1210 g/mol. The van der Waals surface area contributed by atoms with E-state index in [0.717, 1.165) is 96.7 Å². The Kier molecular flexibility index (Phi) is 12.1. The van der Waals surface area contributed by atoms with Gasteiger partial charge in [0.25, 0.3) is 0 Å². The van der Waals surface area contributed by atoms with E-state index < -0.39 is 92.7 Å². The van der Waals surface area contributed by atoms with Gasteiger partial charge in [-0.2, -0.15) is 0 Å². The van der Waals surface area contributed by atoms with E-state index in [4.69, 9.17) is 23.4 Å². The van der Waals surface area contributed by atoms with E-state index in [0.29, 0.717) is 66.7 Å². The van der Waals surface area contributed by atoms with Crippen LogP contribution in [0.25, 0.3) is 0 Å². The van der Waals surface area contributed by atoms with Crippen molar-refractivity contribution in [1.29, 1.82) is 0 Å². The van der Waals surface area contributed by atoms with Crippen LogP contribution in [0.15, 0.2) is 71.0 Å². The Labute approximate surface area is 525 Å². The van der Waals surface area contributed by atoms with Gasteiger partial charge in [-0.25, -0.2) is 4.79 Å². The summed E-state index contributed by atoms with van der Waals surface area (Å²) in [4.78, 5) is 52.5. The minimum atomic E-state index is -1.55. The number of hydrogen-bond donors (Lipinski definition) is 4. The first-order chi connectivity index (χ1) is 43.2. The Morgan fingerprint density at radius 2 is 1.75 bits per heavy atom. The third-order valence-electron chi connectivity index (χ3n) is 31.1. The van der Waals surface area contributed by atoms with Crippen LogP contribution in [-0.4, -0.2) is 106 Å². The van der Waals surface area contributed by atoms with Gasteiger partial charge in [0, 0.05) is 47.2 Å². The first-order valence-electron chi connectivity index (χ1n) is 36.0. The number of carbonyl (C=O) groups excluding carboxylic acids is 3. The summed E-state index contributed by atoms with van der Waals surface area (Å²) in [6.45, 7) is 6.30. The van der Waals surface area contributed by atoms with Gasteiger partial charge in [-0.15, -0.1) is 0 Å². The second-order valence-electron chi connectivity index (χ2n) is 33.5. The van der Waals surface area contributed by atoms with Crippen LogP contribution in [0, 0.1) is 128 Å². The van der Waals surface area contributed by atoms with Crippen LogP contribution in [0.5, 0.6) is 0 Å². The molecule has 89 heavy (non-hydrogen) atoms. The van der Waals surface area contributed by atoms with Crippen LogP contribution in [-0.2, 0) is 51.8 Å². The molecule has 8 heterocycles. The molecule has 0 radical (unpaired) electrons. The molecule has 2 aromatic rings.